The molecule has 2 saturated heterocycles. The summed E-state index contributed by atoms with van der Waals surface area (Å²) in [5, 5.41) is 9.16. The Kier molecular flexibility index (Phi) is 7.01. The summed E-state index contributed by atoms with van der Waals surface area (Å²) < 4.78 is 5.43. The van der Waals surface area contributed by atoms with Gasteiger partial charge in [0.1, 0.15) is 0 Å². The third-order valence-corrected chi connectivity index (χ3v) is 7.35. The Morgan fingerprint density at radius 1 is 1.12 bits per heavy atom. The van der Waals surface area contributed by atoms with Gasteiger partial charge in [0.05, 0.1) is 17.3 Å². The number of nitrogens with one attached hydrogen (secondary N) is 1. The van der Waals surface area contributed by atoms with Crippen LogP contribution >= 0.6 is 11.3 Å². The fourth-order valence-electron chi connectivity index (χ4n) is 4.62. The second-order valence-electron chi connectivity index (χ2n) is 9.02. The molecule has 5 rings (SSSR count). The van der Waals surface area contributed by atoms with E-state index in [4.69, 9.17) is 4.52 Å². The zero-order chi connectivity index (χ0) is 23.3. The van der Waals surface area contributed by atoms with E-state index in [0.29, 0.717) is 44.3 Å². The molecule has 0 bridgehead atoms. The summed E-state index contributed by atoms with van der Waals surface area (Å²) in [7, 11) is 0. The summed E-state index contributed by atoms with van der Waals surface area (Å²) in [6.45, 7) is 4.18. The maximum Gasteiger partial charge on any atom is 0.241 e. The SMILES string of the molecule is O=C(NCc1ccc(CN2CCCC2=O)cc1)C1CCCN(Cc2nc(-c3cccs3)no2)C1. The van der Waals surface area contributed by atoms with Gasteiger partial charge in [-0.3, -0.25) is 14.5 Å². The first-order chi connectivity index (χ1) is 16.6. The summed E-state index contributed by atoms with van der Waals surface area (Å²) in [4.78, 5) is 34.3. The molecule has 1 unspecified atom stereocenters. The quantitative estimate of drug-likeness (QED) is 0.532. The largest absolute Gasteiger partial charge is 0.352 e. The van der Waals surface area contributed by atoms with E-state index in [1.54, 1.807) is 11.3 Å². The van der Waals surface area contributed by atoms with Crippen molar-refractivity contribution < 1.29 is 14.1 Å². The standard InChI is InChI=1S/C25H29N5O3S/c31-23-6-2-12-30(23)15-19-9-7-18(8-10-19)14-26-25(32)20-4-1-11-29(16-20)17-22-27-24(28-33-22)21-5-3-13-34-21/h3,5,7-10,13,20H,1-2,4,6,11-12,14-17H2,(H,26,32). The van der Waals surface area contributed by atoms with Crippen molar-refractivity contribution in [3.63, 3.8) is 0 Å². The molecule has 1 atom stereocenters. The molecule has 34 heavy (non-hydrogen) atoms. The highest BCUT2D eigenvalue weighted by atomic mass is 32.1. The van der Waals surface area contributed by atoms with Crippen LogP contribution < -0.4 is 5.32 Å². The van der Waals surface area contributed by atoms with Gasteiger partial charge in [-0.15, -0.1) is 11.3 Å². The second-order valence-corrected chi connectivity index (χ2v) is 9.96. The first-order valence-electron chi connectivity index (χ1n) is 11.9. The van der Waals surface area contributed by atoms with Crippen LogP contribution in [0.3, 0.4) is 0 Å². The number of carbonyl (C=O) groups excluding carboxylic acids is 2. The maximum absolute atomic E-state index is 12.8. The van der Waals surface area contributed by atoms with Crippen LogP contribution in [-0.2, 0) is 29.2 Å². The molecule has 2 aliphatic heterocycles. The smallest absolute Gasteiger partial charge is 0.241 e. The number of nitrogens with zero attached hydrogens (tertiary/aromatic N) is 4. The zero-order valence-electron chi connectivity index (χ0n) is 19.1. The molecule has 2 amide bonds. The highest BCUT2D eigenvalue weighted by molar-refractivity contribution is 7.13. The lowest BCUT2D eigenvalue weighted by Gasteiger charge is -2.30. The summed E-state index contributed by atoms with van der Waals surface area (Å²) in [6.07, 6.45) is 3.46. The minimum atomic E-state index is -0.0473. The lowest BCUT2D eigenvalue weighted by Crippen LogP contribution is -2.42. The number of rotatable bonds is 8. The van der Waals surface area contributed by atoms with Gasteiger partial charge >= 0.3 is 0 Å². The van der Waals surface area contributed by atoms with E-state index in [9.17, 15) is 9.59 Å². The van der Waals surface area contributed by atoms with Gasteiger partial charge < -0.3 is 14.7 Å². The van der Waals surface area contributed by atoms with E-state index >= 15 is 0 Å². The molecule has 2 aromatic heterocycles. The van der Waals surface area contributed by atoms with E-state index in [1.807, 2.05) is 46.7 Å². The molecule has 9 heteroatoms. The van der Waals surface area contributed by atoms with Gasteiger partial charge in [0.2, 0.25) is 23.5 Å². The van der Waals surface area contributed by atoms with E-state index in [1.165, 1.54) is 0 Å². The number of aromatic nitrogens is 2. The van der Waals surface area contributed by atoms with Crippen LogP contribution in [0.1, 0.15) is 42.7 Å². The number of likely N-dealkylation sites (tertiary alicyclic amines) is 2. The molecule has 8 nitrogen and oxygen atoms in total. The molecule has 2 fully saturated rings. The molecule has 0 saturated carbocycles. The van der Waals surface area contributed by atoms with Crippen LogP contribution in [0.25, 0.3) is 10.7 Å². The number of carbonyl (C=O) groups is 2. The Bertz CT molecular complexity index is 1110. The van der Waals surface area contributed by atoms with Crippen molar-refractivity contribution in [3.05, 3.63) is 58.8 Å². The van der Waals surface area contributed by atoms with Crippen molar-refractivity contribution >= 4 is 23.2 Å². The van der Waals surface area contributed by atoms with E-state index in [2.05, 4.69) is 20.4 Å². The Hall–Kier alpha value is -3.04. The molecule has 178 valence electrons. The van der Waals surface area contributed by atoms with Gasteiger partial charge in [-0.2, -0.15) is 4.98 Å². The fourth-order valence-corrected chi connectivity index (χ4v) is 5.27. The van der Waals surface area contributed by atoms with Gasteiger partial charge in [0.15, 0.2) is 0 Å². The monoisotopic (exact) mass is 479 g/mol. The molecule has 2 aliphatic rings. The molecule has 1 aromatic carbocycles. The van der Waals surface area contributed by atoms with Crippen molar-refractivity contribution in [2.45, 2.75) is 45.3 Å². The van der Waals surface area contributed by atoms with Crippen LogP contribution in [0, 0.1) is 5.92 Å². The number of benzene rings is 1. The zero-order valence-corrected chi connectivity index (χ0v) is 19.9. The summed E-state index contributed by atoms with van der Waals surface area (Å²) in [5.74, 6) is 1.48. The molecular weight excluding hydrogens is 450 g/mol. The van der Waals surface area contributed by atoms with Crippen molar-refractivity contribution in [1.82, 2.24) is 25.3 Å². The van der Waals surface area contributed by atoms with Crippen molar-refractivity contribution in [2.24, 2.45) is 5.92 Å². The Morgan fingerprint density at radius 2 is 1.97 bits per heavy atom. The summed E-state index contributed by atoms with van der Waals surface area (Å²) in [6, 6.07) is 12.1. The van der Waals surface area contributed by atoms with Crippen LogP contribution in [0.15, 0.2) is 46.3 Å². The van der Waals surface area contributed by atoms with Crippen LogP contribution in [0.4, 0.5) is 0 Å². The molecular formula is C25H29N5O3S. The Labute approximate surface area is 202 Å². The van der Waals surface area contributed by atoms with Gasteiger partial charge in [0.25, 0.3) is 0 Å². The number of piperidine rings is 1. The molecule has 0 radical (unpaired) electrons. The van der Waals surface area contributed by atoms with Crippen molar-refractivity contribution in [2.75, 3.05) is 19.6 Å². The molecule has 0 spiro atoms. The number of thiophene rings is 1. The predicted octanol–water partition coefficient (Wildman–Crippen LogP) is 3.45. The fraction of sp³-hybridized carbons (Fsp3) is 0.440. The van der Waals surface area contributed by atoms with Gasteiger partial charge in [-0.1, -0.05) is 35.5 Å². The lowest BCUT2D eigenvalue weighted by molar-refractivity contribution is -0.128. The van der Waals surface area contributed by atoms with Crippen molar-refractivity contribution in [1.29, 1.82) is 0 Å². The first-order valence-corrected chi connectivity index (χ1v) is 12.7. The minimum Gasteiger partial charge on any atom is -0.352 e. The molecule has 1 N–H and O–H groups in total. The Morgan fingerprint density at radius 3 is 2.74 bits per heavy atom. The average Bonchev–Trinajstić information content (AvgIpc) is 3.62. The van der Waals surface area contributed by atoms with E-state index < -0.39 is 0 Å². The third kappa shape index (κ3) is 5.53. The Balaban J connectivity index is 1.09. The molecule has 0 aliphatic carbocycles. The summed E-state index contributed by atoms with van der Waals surface area (Å²) >= 11 is 1.58. The normalized spacial score (nSPS) is 19.0. The summed E-state index contributed by atoms with van der Waals surface area (Å²) in [5.41, 5.74) is 2.18. The van der Waals surface area contributed by atoms with Crippen LogP contribution in [0.5, 0.6) is 0 Å². The van der Waals surface area contributed by atoms with E-state index in [0.717, 1.165) is 48.4 Å². The van der Waals surface area contributed by atoms with Gasteiger partial charge in [-0.25, -0.2) is 0 Å². The third-order valence-electron chi connectivity index (χ3n) is 6.48. The van der Waals surface area contributed by atoms with Gasteiger partial charge in [0, 0.05) is 32.6 Å². The van der Waals surface area contributed by atoms with E-state index in [-0.39, 0.29) is 17.7 Å². The topological polar surface area (TPSA) is 91.6 Å². The average molecular weight is 480 g/mol. The predicted molar refractivity (Wildman–Crippen MR) is 129 cm³/mol. The van der Waals surface area contributed by atoms with Crippen LogP contribution in [-0.4, -0.2) is 51.4 Å². The highest BCUT2D eigenvalue weighted by Crippen LogP contribution is 2.23. The number of hydrogen-bond acceptors (Lipinski definition) is 7. The second kappa shape index (κ2) is 10.5. The number of hydrogen-bond donors (Lipinski definition) is 1. The highest BCUT2D eigenvalue weighted by Gasteiger charge is 2.27. The molecule has 4 heterocycles. The number of amides is 2. The maximum atomic E-state index is 12.8. The van der Waals surface area contributed by atoms with Gasteiger partial charge in [-0.05, 0) is 48.4 Å². The van der Waals surface area contributed by atoms with Crippen molar-refractivity contribution in [3.8, 4) is 10.7 Å². The first kappa shape index (κ1) is 22.7. The molecule has 3 aromatic rings. The minimum absolute atomic E-state index is 0.0473. The lowest BCUT2D eigenvalue weighted by atomic mass is 9.97. The van der Waals surface area contributed by atoms with Crippen LogP contribution in [0.2, 0.25) is 0 Å².